The van der Waals surface area contributed by atoms with Crippen LogP contribution in [0.2, 0.25) is 0 Å². The van der Waals surface area contributed by atoms with Gasteiger partial charge in [-0.2, -0.15) is 0 Å². The van der Waals surface area contributed by atoms with Crippen molar-refractivity contribution in [1.82, 2.24) is 9.97 Å². The fourth-order valence-corrected chi connectivity index (χ4v) is 1.84. The summed E-state index contributed by atoms with van der Waals surface area (Å²) in [5.74, 6) is -0.350. The van der Waals surface area contributed by atoms with Crippen LogP contribution in [0.1, 0.15) is 51.9 Å². The van der Waals surface area contributed by atoms with Crippen molar-refractivity contribution in [1.29, 1.82) is 0 Å². The molecule has 4 nitrogen and oxygen atoms in total. The number of carbonyl (C=O) groups is 2. The third-order valence-corrected chi connectivity index (χ3v) is 3.38. The SMILES string of the molecule is Br.BrBr.CC(=O)c1ccc(C(F)F)nc1.O=C(CBr)c1ccc(C(F)F)nc1. The fourth-order valence-electron chi connectivity index (χ4n) is 1.52. The standard InChI is InChI=1S/C8H6BrF2NO.C8H7F2NO.Br2.BrH/c9-3-7(13)5-1-2-6(8(10)11)12-4-5;1-5(12)6-2-3-7(8(9)10)11-4-6;1-2;/h1-2,4,8H,3H2;2-4,8H,1H3;;1H. The van der Waals surface area contributed by atoms with Crippen molar-refractivity contribution in [2.24, 2.45) is 0 Å². The van der Waals surface area contributed by atoms with E-state index >= 15 is 0 Å². The molecule has 0 unspecified atom stereocenters. The second kappa shape index (κ2) is 16.1. The quantitative estimate of drug-likeness (QED) is 0.195. The molecule has 0 radical (unpaired) electrons. The minimum absolute atomic E-state index is 0. The summed E-state index contributed by atoms with van der Waals surface area (Å²) >= 11 is 8.47. The van der Waals surface area contributed by atoms with E-state index in [2.05, 4.69) is 54.2 Å². The summed E-state index contributed by atoms with van der Waals surface area (Å²) in [6, 6.07) is 5.00. The largest absolute Gasteiger partial charge is 0.294 e. The van der Waals surface area contributed by atoms with Gasteiger partial charge in [0, 0.05) is 51.8 Å². The van der Waals surface area contributed by atoms with Gasteiger partial charge in [0.05, 0.1) is 5.33 Å². The molecule has 0 aliphatic heterocycles. The Labute approximate surface area is 193 Å². The monoisotopic (exact) mass is 658 g/mol. The van der Waals surface area contributed by atoms with Crippen LogP contribution in [0.15, 0.2) is 36.7 Å². The molecule has 12 heteroatoms. The highest BCUT2D eigenvalue weighted by atomic mass is 80.9. The van der Waals surface area contributed by atoms with Crippen LogP contribution < -0.4 is 0 Å². The van der Waals surface area contributed by atoms with Crippen molar-refractivity contribution in [2.75, 3.05) is 5.33 Å². The van der Waals surface area contributed by atoms with Gasteiger partial charge in [-0.1, -0.05) is 15.9 Å². The van der Waals surface area contributed by atoms with E-state index in [-0.39, 0.29) is 45.3 Å². The molecule has 0 bridgehead atoms. The van der Waals surface area contributed by atoms with Crippen molar-refractivity contribution >= 4 is 72.7 Å². The van der Waals surface area contributed by atoms with Gasteiger partial charge in [0.1, 0.15) is 11.4 Å². The maximum absolute atomic E-state index is 12.0. The lowest BCUT2D eigenvalue weighted by Crippen LogP contribution is -2.01. The Bertz CT molecular complexity index is 718. The number of alkyl halides is 5. The lowest BCUT2D eigenvalue weighted by atomic mass is 10.2. The highest BCUT2D eigenvalue weighted by Gasteiger charge is 2.10. The molecular formula is C16H14Br4F4N2O2. The van der Waals surface area contributed by atoms with Crippen LogP contribution in [0.4, 0.5) is 17.6 Å². The Hall–Kier alpha value is -0.720. The van der Waals surface area contributed by atoms with E-state index in [4.69, 9.17) is 0 Å². The normalized spacial score (nSPS) is 9.50. The molecule has 0 spiro atoms. The van der Waals surface area contributed by atoms with Crippen LogP contribution in [-0.4, -0.2) is 26.9 Å². The van der Waals surface area contributed by atoms with Crippen LogP contribution in [-0.2, 0) is 0 Å². The van der Waals surface area contributed by atoms with E-state index in [1.807, 2.05) is 0 Å². The minimum Gasteiger partial charge on any atom is -0.294 e. The number of halogens is 8. The zero-order chi connectivity index (χ0) is 21.0. The van der Waals surface area contributed by atoms with Crippen molar-refractivity contribution < 1.29 is 27.2 Å². The van der Waals surface area contributed by atoms with E-state index in [0.717, 1.165) is 24.5 Å². The Kier molecular flexibility index (Phi) is 17.0. The summed E-state index contributed by atoms with van der Waals surface area (Å²) < 4.78 is 48.0. The summed E-state index contributed by atoms with van der Waals surface area (Å²) in [6.07, 6.45) is -2.85. The topological polar surface area (TPSA) is 59.9 Å². The molecule has 0 amide bonds. The zero-order valence-electron chi connectivity index (χ0n) is 14.1. The molecule has 0 atom stereocenters. The highest BCUT2D eigenvalue weighted by molar-refractivity contribution is 9.93. The number of ketones is 2. The van der Waals surface area contributed by atoms with Gasteiger partial charge in [0.25, 0.3) is 12.9 Å². The van der Waals surface area contributed by atoms with Gasteiger partial charge in [0.15, 0.2) is 11.6 Å². The second-order valence-corrected chi connectivity index (χ2v) is 5.22. The Balaban J connectivity index is 0. The molecule has 2 aromatic heterocycles. The summed E-state index contributed by atoms with van der Waals surface area (Å²) in [7, 11) is 0. The Morgan fingerprint density at radius 1 is 0.893 bits per heavy atom. The van der Waals surface area contributed by atoms with E-state index < -0.39 is 12.9 Å². The van der Waals surface area contributed by atoms with Gasteiger partial charge < -0.3 is 0 Å². The Morgan fingerprint density at radius 3 is 1.54 bits per heavy atom. The van der Waals surface area contributed by atoms with E-state index in [1.54, 1.807) is 0 Å². The Morgan fingerprint density at radius 2 is 1.29 bits per heavy atom. The number of nitrogens with zero attached hydrogens (tertiary/aromatic N) is 2. The highest BCUT2D eigenvalue weighted by Crippen LogP contribution is 2.16. The molecule has 2 rings (SSSR count). The van der Waals surface area contributed by atoms with Gasteiger partial charge in [-0.15, -0.1) is 17.0 Å². The number of pyridine rings is 2. The molecule has 0 aromatic carbocycles. The minimum atomic E-state index is -2.59. The molecule has 156 valence electrons. The maximum atomic E-state index is 12.0. The summed E-state index contributed by atoms with van der Waals surface area (Å²) in [5.41, 5.74) is 0.0618. The number of hydrogen-bond acceptors (Lipinski definition) is 4. The van der Waals surface area contributed by atoms with E-state index in [0.29, 0.717) is 11.1 Å². The number of hydrogen-bond donors (Lipinski definition) is 0. The van der Waals surface area contributed by atoms with Gasteiger partial charge >= 0.3 is 0 Å². The van der Waals surface area contributed by atoms with Crippen LogP contribution in [0.25, 0.3) is 0 Å². The predicted molar refractivity (Wildman–Crippen MR) is 115 cm³/mol. The first-order valence-electron chi connectivity index (χ1n) is 6.98. The van der Waals surface area contributed by atoms with E-state index in [9.17, 15) is 27.2 Å². The fraction of sp³-hybridized carbons (Fsp3) is 0.250. The van der Waals surface area contributed by atoms with Crippen molar-refractivity contribution in [3.8, 4) is 0 Å². The average Bonchev–Trinajstić information content (AvgIpc) is 2.69. The molecule has 0 saturated heterocycles. The molecule has 0 saturated carbocycles. The number of Topliss-reactive ketones (excluding diaryl/α,β-unsaturated/α-hetero) is 2. The van der Waals surface area contributed by atoms with Crippen LogP contribution in [0, 0.1) is 0 Å². The van der Waals surface area contributed by atoms with Gasteiger partial charge in [0.2, 0.25) is 0 Å². The maximum Gasteiger partial charge on any atom is 0.280 e. The smallest absolute Gasteiger partial charge is 0.280 e. The molecule has 0 aliphatic carbocycles. The summed E-state index contributed by atoms with van der Waals surface area (Å²) in [4.78, 5) is 28.6. The number of carbonyl (C=O) groups excluding carboxylic acids is 2. The lowest BCUT2D eigenvalue weighted by molar-refractivity contribution is 0.101. The first-order chi connectivity index (χ1) is 12.8. The van der Waals surface area contributed by atoms with Crippen molar-refractivity contribution in [3.63, 3.8) is 0 Å². The molecule has 0 fully saturated rings. The second-order valence-electron chi connectivity index (χ2n) is 4.66. The summed E-state index contributed by atoms with van der Waals surface area (Å²) in [6.45, 7) is 1.36. The number of aromatic nitrogens is 2. The molecular weight excluding hydrogens is 648 g/mol. The van der Waals surface area contributed by atoms with Gasteiger partial charge in [-0.3, -0.25) is 19.6 Å². The molecule has 0 N–H and O–H groups in total. The molecule has 28 heavy (non-hydrogen) atoms. The number of rotatable bonds is 5. The van der Waals surface area contributed by atoms with Gasteiger partial charge in [-0.05, 0) is 31.2 Å². The van der Waals surface area contributed by atoms with Gasteiger partial charge in [-0.25, -0.2) is 17.6 Å². The van der Waals surface area contributed by atoms with Crippen molar-refractivity contribution in [2.45, 2.75) is 19.8 Å². The van der Waals surface area contributed by atoms with Crippen LogP contribution >= 0.6 is 61.2 Å². The first-order valence-corrected chi connectivity index (χ1v) is 11.8. The average molecular weight is 662 g/mol. The predicted octanol–water partition coefficient (Wildman–Crippen LogP) is 7.09. The molecule has 2 aromatic rings. The first kappa shape index (κ1) is 29.5. The third kappa shape index (κ3) is 10.7. The molecule has 2 heterocycles. The van der Waals surface area contributed by atoms with Crippen LogP contribution in [0.5, 0.6) is 0 Å². The molecule has 0 aliphatic rings. The van der Waals surface area contributed by atoms with Crippen LogP contribution in [0.3, 0.4) is 0 Å². The zero-order valence-corrected chi connectivity index (χ0v) is 20.6. The summed E-state index contributed by atoms with van der Waals surface area (Å²) in [5, 5.41) is 0.169. The lowest BCUT2D eigenvalue weighted by Gasteiger charge is -1.99. The van der Waals surface area contributed by atoms with E-state index in [1.165, 1.54) is 19.1 Å². The van der Waals surface area contributed by atoms with Crippen molar-refractivity contribution in [3.05, 3.63) is 59.2 Å². The third-order valence-electron chi connectivity index (χ3n) is 2.87.